The van der Waals surface area contributed by atoms with Gasteiger partial charge in [0.2, 0.25) is 5.03 Å². The Morgan fingerprint density at radius 3 is 1.08 bits per heavy atom. The predicted octanol–water partition coefficient (Wildman–Crippen LogP) is 13.1. The number of hydrogen-bond acceptors (Lipinski definition) is 10. The van der Waals surface area contributed by atoms with Gasteiger partial charge in [-0.2, -0.15) is 15.1 Å². The maximum absolute atomic E-state index is 9.06. The van der Waals surface area contributed by atoms with Gasteiger partial charge in [-0.3, -0.25) is 0 Å². The van der Waals surface area contributed by atoms with Gasteiger partial charge in [-0.15, -0.1) is 23.5 Å². The summed E-state index contributed by atoms with van der Waals surface area (Å²) in [6.07, 6.45) is 10.3. The Kier molecular flexibility index (Phi) is 23.7. The summed E-state index contributed by atoms with van der Waals surface area (Å²) in [4.78, 5) is 3.46. The molecule has 0 fully saturated rings. The van der Waals surface area contributed by atoms with E-state index in [9.17, 15) is 0 Å². The fourth-order valence-corrected chi connectivity index (χ4v) is 11.2. The number of ether oxygens (including phenoxy) is 5. The van der Waals surface area contributed by atoms with Crippen LogP contribution in [-0.4, -0.2) is 37.6 Å². The fraction of sp³-hybridized carbons (Fsp3) is 0.234. The smallest absolute Gasteiger partial charge is 0.244 e. The van der Waals surface area contributed by atoms with Gasteiger partial charge in [-0.05, 0) is 213 Å². The third kappa shape index (κ3) is 18.9. The van der Waals surface area contributed by atoms with Crippen molar-refractivity contribution >= 4 is 35.3 Å². The molecule has 0 atom stereocenters. The van der Waals surface area contributed by atoms with E-state index in [1.807, 2.05) is 78.9 Å². The van der Waals surface area contributed by atoms with E-state index in [0.717, 1.165) is 117 Å². The zero-order chi connectivity index (χ0) is 51.7. The first kappa shape index (κ1) is 57.2. The topological polar surface area (TPSA) is 97.6 Å². The molecule has 0 amide bonds. The molecule has 7 aromatic carbocycles. The van der Waals surface area contributed by atoms with Crippen LogP contribution in [0.15, 0.2) is 214 Å². The van der Waals surface area contributed by atoms with Gasteiger partial charge < -0.3 is 47.7 Å². The molecule has 0 spiro atoms. The van der Waals surface area contributed by atoms with Crippen molar-refractivity contribution in [3.8, 4) is 63.1 Å². The number of unbranched alkanes of at least 4 members (excludes halogenated alkanes) is 6. The van der Waals surface area contributed by atoms with Crippen molar-refractivity contribution in [2.24, 2.45) is 7.05 Å². The molecule has 8 nitrogen and oxygen atoms in total. The standard InChI is InChI=1S/C64H62N3O5S3.HI/c1-67-41-7-6-12-63(67)73-60-35-33-59(34-36-60)72-48-64(74-61-37-29-57(30-38-61)70-44-10-4-2-8-42-68-55-25-21-53(22-26-55)51-17-13-49(46-65)14-18-51)75-62-39-31-58(32-40-62)71-45-11-5-3-9-43-69-56-27-23-54(24-28-56)52-19-15-50(47-66)16-20-52;/h6-7,12-41,64H,2-5,8-11,42-45,48H2,1H3;1H/q+1;/p-1. The average molecular weight is 1180 g/mol. The van der Waals surface area contributed by atoms with Crippen LogP contribution in [0.1, 0.15) is 62.5 Å². The molecule has 0 aliphatic heterocycles. The molecule has 1 heterocycles. The maximum atomic E-state index is 9.06. The summed E-state index contributed by atoms with van der Waals surface area (Å²) in [7, 11) is 2.06. The van der Waals surface area contributed by atoms with Crippen molar-refractivity contribution in [2.45, 2.75) is 75.7 Å². The van der Waals surface area contributed by atoms with E-state index >= 15 is 0 Å². The molecular formula is C64H62IN3O5S3. The molecule has 8 aromatic rings. The summed E-state index contributed by atoms with van der Waals surface area (Å²) in [5.41, 5.74) is 5.69. The second-order valence-electron chi connectivity index (χ2n) is 17.8. The largest absolute Gasteiger partial charge is 1.00 e. The Labute approximate surface area is 478 Å². The molecule has 76 heavy (non-hydrogen) atoms. The van der Waals surface area contributed by atoms with Crippen LogP contribution >= 0.6 is 35.3 Å². The van der Waals surface area contributed by atoms with E-state index < -0.39 is 0 Å². The van der Waals surface area contributed by atoms with E-state index in [1.54, 1.807) is 35.3 Å². The minimum Gasteiger partial charge on any atom is -1.00 e. The van der Waals surface area contributed by atoms with E-state index in [0.29, 0.717) is 44.2 Å². The summed E-state index contributed by atoms with van der Waals surface area (Å²) in [6.45, 7) is 3.23. The van der Waals surface area contributed by atoms with Crippen LogP contribution in [0.2, 0.25) is 0 Å². The van der Waals surface area contributed by atoms with Crippen LogP contribution in [0, 0.1) is 22.7 Å². The van der Waals surface area contributed by atoms with Gasteiger partial charge in [0, 0.05) is 26.8 Å². The van der Waals surface area contributed by atoms with Crippen LogP contribution < -0.4 is 52.2 Å². The number of thioether (sulfide) groups is 2. The number of hydrogen-bond donors (Lipinski definition) is 0. The first-order valence-electron chi connectivity index (χ1n) is 25.6. The third-order valence-corrected chi connectivity index (χ3v) is 15.8. The Morgan fingerprint density at radius 1 is 0.395 bits per heavy atom. The van der Waals surface area contributed by atoms with Gasteiger partial charge >= 0.3 is 0 Å². The lowest BCUT2D eigenvalue weighted by Crippen LogP contribution is -3.00. The highest BCUT2D eigenvalue weighted by Crippen LogP contribution is 2.38. The summed E-state index contributed by atoms with van der Waals surface area (Å²) in [5.74, 6) is 4.33. The quantitative estimate of drug-likeness (QED) is 0.0148. The molecule has 8 rings (SSSR count). The molecule has 388 valence electrons. The highest BCUT2D eigenvalue weighted by atomic mass is 127. The molecule has 0 radical (unpaired) electrons. The second-order valence-corrected chi connectivity index (χ2v) is 21.7. The van der Waals surface area contributed by atoms with Crippen LogP contribution in [0.5, 0.6) is 28.7 Å². The zero-order valence-corrected chi connectivity index (χ0v) is 47.3. The monoisotopic (exact) mass is 1180 g/mol. The summed E-state index contributed by atoms with van der Waals surface area (Å²) in [6, 6.07) is 67.2. The Balaban J connectivity index is 0.00000840. The van der Waals surface area contributed by atoms with Crippen molar-refractivity contribution in [2.75, 3.05) is 33.0 Å². The average Bonchev–Trinajstić information content (AvgIpc) is 3.46. The van der Waals surface area contributed by atoms with Gasteiger partial charge in [-0.1, -0.05) is 48.5 Å². The van der Waals surface area contributed by atoms with Gasteiger partial charge in [0.25, 0.3) is 0 Å². The number of benzene rings is 7. The Hall–Kier alpha value is -6.55. The van der Waals surface area contributed by atoms with Gasteiger partial charge in [0.1, 0.15) is 42.4 Å². The zero-order valence-electron chi connectivity index (χ0n) is 42.7. The number of pyridine rings is 1. The predicted molar refractivity (Wildman–Crippen MR) is 304 cm³/mol. The second kappa shape index (κ2) is 31.5. The van der Waals surface area contributed by atoms with Crippen LogP contribution in [0.3, 0.4) is 0 Å². The minimum atomic E-state index is 0. The highest BCUT2D eigenvalue weighted by Gasteiger charge is 2.16. The van der Waals surface area contributed by atoms with Crippen LogP contribution in [0.4, 0.5) is 0 Å². The Bertz CT molecular complexity index is 2880. The summed E-state index contributed by atoms with van der Waals surface area (Å²) in [5, 5.41) is 19.3. The molecule has 12 heteroatoms. The Morgan fingerprint density at radius 2 is 0.724 bits per heavy atom. The van der Waals surface area contributed by atoms with Crippen molar-refractivity contribution in [1.82, 2.24) is 0 Å². The fourth-order valence-electron chi connectivity index (χ4n) is 7.96. The lowest BCUT2D eigenvalue weighted by molar-refractivity contribution is -0.708. The van der Waals surface area contributed by atoms with E-state index in [-0.39, 0.29) is 28.6 Å². The lowest BCUT2D eigenvalue weighted by atomic mass is 10.0. The molecule has 0 N–H and O–H groups in total. The van der Waals surface area contributed by atoms with Crippen molar-refractivity contribution in [1.29, 1.82) is 10.5 Å². The van der Waals surface area contributed by atoms with Crippen molar-refractivity contribution < 1.29 is 52.2 Å². The normalized spacial score (nSPS) is 10.7. The van der Waals surface area contributed by atoms with Gasteiger partial charge in [0.05, 0.1) is 54.3 Å². The van der Waals surface area contributed by atoms with Gasteiger partial charge in [0.15, 0.2) is 6.20 Å². The third-order valence-electron chi connectivity index (χ3n) is 12.2. The first-order valence-corrected chi connectivity index (χ1v) is 28.2. The number of nitrogens with zero attached hydrogens (tertiary/aromatic N) is 3. The molecule has 0 saturated carbocycles. The van der Waals surface area contributed by atoms with E-state index in [2.05, 4.69) is 139 Å². The lowest BCUT2D eigenvalue weighted by Gasteiger charge is -2.18. The molecule has 1 aromatic heterocycles. The molecule has 0 aliphatic rings. The number of aryl methyl sites for hydroxylation is 1. The maximum Gasteiger partial charge on any atom is 0.244 e. The van der Waals surface area contributed by atoms with E-state index in [4.69, 9.17) is 34.2 Å². The summed E-state index contributed by atoms with van der Waals surface area (Å²) >= 11 is 5.31. The molecule has 0 unspecified atom stereocenters. The molecule has 0 bridgehead atoms. The minimum absolute atomic E-state index is 0. The number of nitriles is 2. The van der Waals surface area contributed by atoms with Crippen molar-refractivity contribution in [3.63, 3.8) is 0 Å². The van der Waals surface area contributed by atoms with Crippen LogP contribution in [-0.2, 0) is 7.05 Å². The molecular weight excluding hydrogens is 1110 g/mol. The van der Waals surface area contributed by atoms with Gasteiger partial charge in [-0.25, -0.2) is 0 Å². The number of halogens is 1. The van der Waals surface area contributed by atoms with Crippen LogP contribution in [0.25, 0.3) is 22.3 Å². The van der Waals surface area contributed by atoms with E-state index in [1.165, 1.54) is 5.03 Å². The summed E-state index contributed by atoms with van der Waals surface area (Å²) < 4.78 is 32.9. The molecule has 0 aliphatic carbocycles. The first-order chi connectivity index (χ1) is 37.0. The SMILES string of the molecule is C[n+]1ccccc1Sc1ccc(OCC(Sc2ccc(OCCCCCCOc3ccc(-c4ccc(C#N)cc4)cc3)cc2)Sc2ccc(OCCCCCCOc3ccc(-c4ccc(C#N)cc4)cc3)cc2)cc1.[I-]. The highest BCUT2D eigenvalue weighted by molar-refractivity contribution is 8.17. The van der Waals surface area contributed by atoms with Crippen molar-refractivity contribution in [3.05, 3.63) is 205 Å². The molecule has 0 saturated heterocycles. The number of rotatable bonds is 29. The number of aromatic nitrogens is 1.